The highest BCUT2D eigenvalue weighted by molar-refractivity contribution is 9.10. The van der Waals surface area contributed by atoms with Gasteiger partial charge in [0.15, 0.2) is 0 Å². The maximum absolute atomic E-state index is 11.8. The second-order valence-electron chi connectivity index (χ2n) is 4.04. The Bertz CT molecular complexity index is 548. The van der Waals surface area contributed by atoms with Crippen LogP contribution in [0.25, 0.3) is 0 Å². The third-order valence-corrected chi connectivity index (χ3v) is 3.86. The number of rotatable bonds is 6. The smallest absolute Gasteiger partial charge is 0.269 e. The Morgan fingerprint density at radius 1 is 1.50 bits per heavy atom. The van der Waals surface area contributed by atoms with E-state index in [2.05, 4.69) is 26.4 Å². The zero-order valence-corrected chi connectivity index (χ0v) is 13.2. The van der Waals surface area contributed by atoms with E-state index in [0.29, 0.717) is 15.8 Å². The molecule has 0 aliphatic heterocycles. The minimum Gasteiger partial charge on any atom is -0.507 e. The Balaban J connectivity index is 2.65. The largest absolute Gasteiger partial charge is 0.507 e. The minimum atomic E-state index is -0.992. The summed E-state index contributed by atoms with van der Waals surface area (Å²) in [6.07, 6.45) is 1.66. The molecule has 0 aliphatic rings. The average molecular weight is 363 g/mol. The summed E-state index contributed by atoms with van der Waals surface area (Å²) in [7, 11) is -0.992. The van der Waals surface area contributed by atoms with E-state index < -0.39 is 16.7 Å². The van der Waals surface area contributed by atoms with Gasteiger partial charge in [-0.2, -0.15) is 0 Å². The van der Waals surface area contributed by atoms with Gasteiger partial charge in [-0.05, 0) is 33.6 Å². The quantitative estimate of drug-likeness (QED) is 0.399. The average Bonchev–Trinajstić information content (AvgIpc) is 2.39. The number of carbonyl (C=O) groups is 1. The molecule has 110 valence electrons. The maximum Gasteiger partial charge on any atom is 0.269 e. The Kier molecular flexibility index (Phi) is 6.66. The lowest BCUT2D eigenvalue weighted by Gasteiger charge is -2.07. The summed E-state index contributed by atoms with van der Waals surface area (Å²) in [5.74, 6) is -0.0804. The second-order valence-corrected chi connectivity index (χ2v) is 6.45. The summed E-state index contributed by atoms with van der Waals surface area (Å²) in [5.41, 5.74) is 0.654. The van der Waals surface area contributed by atoms with Crippen molar-refractivity contribution >= 4 is 38.3 Å². The molecule has 0 saturated heterocycles. The first-order valence-electron chi connectivity index (χ1n) is 5.70. The lowest BCUT2D eigenvalue weighted by atomic mass is 10.1. The molecule has 0 bridgehead atoms. The Labute approximate surface area is 127 Å². The number of amides is 1. The summed E-state index contributed by atoms with van der Waals surface area (Å²) >= 11 is 3.17. The highest BCUT2D eigenvalue weighted by Gasteiger charge is 2.13. The van der Waals surface area contributed by atoms with E-state index in [4.69, 9.17) is 5.21 Å². The van der Waals surface area contributed by atoms with Gasteiger partial charge in [0.2, 0.25) is 0 Å². The van der Waals surface area contributed by atoms with Crippen LogP contribution in [0.15, 0.2) is 27.8 Å². The van der Waals surface area contributed by atoms with Crippen molar-refractivity contribution in [3.8, 4) is 5.75 Å². The summed E-state index contributed by atoms with van der Waals surface area (Å²) in [6, 6.07) is 4.74. The van der Waals surface area contributed by atoms with Crippen LogP contribution in [0.4, 0.5) is 0 Å². The first-order chi connectivity index (χ1) is 9.43. The van der Waals surface area contributed by atoms with Crippen LogP contribution in [0.3, 0.4) is 0 Å². The van der Waals surface area contributed by atoms with Gasteiger partial charge in [0.05, 0.1) is 4.47 Å². The van der Waals surface area contributed by atoms with Crippen LogP contribution in [0.1, 0.15) is 5.56 Å². The lowest BCUT2D eigenvalue weighted by Crippen LogP contribution is -2.34. The molecule has 0 spiro atoms. The monoisotopic (exact) mass is 362 g/mol. The van der Waals surface area contributed by atoms with E-state index in [1.165, 1.54) is 6.07 Å². The van der Waals surface area contributed by atoms with Crippen LogP contribution in [0.5, 0.6) is 5.75 Å². The van der Waals surface area contributed by atoms with Crippen LogP contribution in [0.2, 0.25) is 0 Å². The molecule has 6 nitrogen and oxygen atoms in total. The number of carbonyl (C=O) groups excluding carboxylic acids is 1. The van der Waals surface area contributed by atoms with Gasteiger partial charge in [0.25, 0.3) is 5.91 Å². The standard InChI is InChI=1S/C12H15BrN2O4S/c1-20(19)5-4-14-12(17)10(15-18)7-8-2-3-11(16)9(13)6-8/h2-3,6,16,18H,4-5,7H2,1H3,(H,14,17)/t20-/m0/s1. The van der Waals surface area contributed by atoms with Crippen molar-refractivity contribution in [3.63, 3.8) is 0 Å². The van der Waals surface area contributed by atoms with Crippen LogP contribution in [0, 0.1) is 0 Å². The Morgan fingerprint density at radius 2 is 2.20 bits per heavy atom. The predicted molar refractivity (Wildman–Crippen MR) is 80.7 cm³/mol. The normalized spacial score (nSPS) is 13.0. The number of halogens is 1. The fourth-order valence-electron chi connectivity index (χ4n) is 1.43. The highest BCUT2D eigenvalue weighted by Crippen LogP contribution is 2.24. The van der Waals surface area contributed by atoms with Crippen molar-refractivity contribution in [2.45, 2.75) is 6.42 Å². The molecule has 0 radical (unpaired) electrons. The van der Waals surface area contributed by atoms with E-state index in [9.17, 15) is 14.1 Å². The summed E-state index contributed by atoms with van der Waals surface area (Å²) in [5, 5.41) is 23.8. The van der Waals surface area contributed by atoms with Gasteiger partial charge in [0, 0.05) is 35.8 Å². The van der Waals surface area contributed by atoms with Crippen molar-refractivity contribution in [2.75, 3.05) is 18.6 Å². The molecule has 1 aromatic rings. The molecular weight excluding hydrogens is 348 g/mol. The van der Waals surface area contributed by atoms with Crippen LogP contribution >= 0.6 is 15.9 Å². The third-order valence-electron chi connectivity index (χ3n) is 2.44. The van der Waals surface area contributed by atoms with Gasteiger partial charge in [0.1, 0.15) is 11.5 Å². The molecule has 0 fully saturated rings. The maximum atomic E-state index is 11.8. The number of phenols is 1. The zero-order valence-electron chi connectivity index (χ0n) is 10.8. The van der Waals surface area contributed by atoms with Gasteiger partial charge in [-0.15, -0.1) is 0 Å². The summed E-state index contributed by atoms with van der Waals surface area (Å²) < 4.78 is 11.4. The number of phenolic OH excluding ortho intramolecular Hbond substituents is 1. The molecule has 0 heterocycles. The van der Waals surface area contributed by atoms with Gasteiger partial charge < -0.3 is 15.6 Å². The molecule has 20 heavy (non-hydrogen) atoms. The lowest BCUT2D eigenvalue weighted by molar-refractivity contribution is -0.114. The number of nitrogens with zero attached hydrogens (tertiary/aromatic N) is 1. The van der Waals surface area contributed by atoms with Crippen molar-refractivity contribution in [2.24, 2.45) is 5.16 Å². The van der Waals surface area contributed by atoms with Crippen molar-refractivity contribution in [1.29, 1.82) is 0 Å². The van der Waals surface area contributed by atoms with E-state index in [-0.39, 0.29) is 24.4 Å². The Hall–Kier alpha value is -1.41. The molecule has 1 atom stereocenters. The number of benzene rings is 1. The topological polar surface area (TPSA) is 99.0 Å². The number of aromatic hydroxyl groups is 1. The molecule has 1 rings (SSSR count). The van der Waals surface area contributed by atoms with Gasteiger partial charge in [-0.1, -0.05) is 11.2 Å². The Morgan fingerprint density at radius 3 is 2.75 bits per heavy atom. The first-order valence-corrected chi connectivity index (χ1v) is 8.22. The zero-order chi connectivity index (χ0) is 15.1. The van der Waals surface area contributed by atoms with Crippen LogP contribution < -0.4 is 5.32 Å². The summed E-state index contributed by atoms with van der Waals surface area (Å²) in [6.45, 7) is 0.250. The van der Waals surface area contributed by atoms with Gasteiger partial charge >= 0.3 is 0 Å². The van der Waals surface area contributed by atoms with Crippen LogP contribution in [-0.4, -0.2) is 44.7 Å². The first kappa shape index (κ1) is 16.6. The van der Waals surface area contributed by atoms with E-state index in [1.807, 2.05) is 0 Å². The van der Waals surface area contributed by atoms with Crippen molar-refractivity contribution < 1.29 is 19.3 Å². The number of nitrogens with one attached hydrogen (secondary N) is 1. The fourth-order valence-corrected chi connectivity index (χ4v) is 2.24. The second kappa shape index (κ2) is 8.01. The molecule has 0 aromatic heterocycles. The number of hydrogen-bond donors (Lipinski definition) is 3. The highest BCUT2D eigenvalue weighted by atomic mass is 79.9. The van der Waals surface area contributed by atoms with Gasteiger partial charge in [-0.25, -0.2) is 0 Å². The van der Waals surface area contributed by atoms with Gasteiger partial charge in [-0.3, -0.25) is 9.00 Å². The van der Waals surface area contributed by atoms with E-state index in [1.54, 1.807) is 18.4 Å². The molecular formula is C12H15BrN2O4S. The molecule has 8 heteroatoms. The van der Waals surface area contributed by atoms with E-state index >= 15 is 0 Å². The number of oxime groups is 1. The van der Waals surface area contributed by atoms with Crippen molar-refractivity contribution in [3.05, 3.63) is 28.2 Å². The van der Waals surface area contributed by atoms with Crippen molar-refractivity contribution in [1.82, 2.24) is 5.32 Å². The molecule has 3 N–H and O–H groups in total. The van der Waals surface area contributed by atoms with E-state index in [0.717, 1.165) is 0 Å². The summed E-state index contributed by atoms with van der Waals surface area (Å²) in [4.78, 5) is 11.8. The fraction of sp³-hybridized carbons (Fsp3) is 0.333. The molecule has 1 amide bonds. The predicted octanol–water partition coefficient (Wildman–Crippen LogP) is 1.02. The molecule has 0 saturated carbocycles. The number of hydrogen-bond acceptors (Lipinski definition) is 5. The molecule has 1 aromatic carbocycles. The molecule has 0 aliphatic carbocycles. The molecule has 0 unspecified atom stereocenters. The SMILES string of the molecule is C[S@](=O)CCNC(=O)C(Cc1ccc(O)c(Br)c1)=NO. The van der Waals surface area contributed by atoms with Crippen LogP contribution in [-0.2, 0) is 22.0 Å². The third kappa shape index (κ3) is 5.30. The minimum absolute atomic E-state index is 0.0514.